The predicted octanol–water partition coefficient (Wildman–Crippen LogP) is 2.41. The smallest absolute Gasteiger partial charge is 0.145 e. The van der Waals surface area contributed by atoms with Gasteiger partial charge in [0, 0.05) is 5.92 Å². The van der Waals surface area contributed by atoms with Gasteiger partial charge in [0.15, 0.2) is 0 Å². The summed E-state index contributed by atoms with van der Waals surface area (Å²) in [5, 5.41) is 8.84. The van der Waals surface area contributed by atoms with Gasteiger partial charge in [0.2, 0.25) is 0 Å². The van der Waals surface area contributed by atoms with Crippen LogP contribution in [0.25, 0.3) is 0 Å². The van der Waals surface area contributed by atoms with E-state index in [4.69, 9.17) is 16.7 Å². The molecule has 1 rings (SSSR count). The van der Waals surface area contributed by atoms with Crippen molar-refractivity contribution in [2.75, 3.05) is 6.61 Å². The van der Waals surface area contributed by atoms with Crippen LogP contribution in [0, 0.1) is 11.7 Å². The molecule has 0 spiro atoms. The molecular weight excluding hydrogens is 179 g/mol. The van der Waals surface area contributed by atoms with E-state index in [0.717, 1.165) is 0 Å². The third-order valence-electron chi connectivity index (χ3n) is 1.65. The van der Waals surface area contributed by atoms with E-state index in [9.17, 15) is 4.39 Å². The number of hydrogen-bond donors (Lipinski definition) is 1. The first-order valence-corrected chi connectivity index (χ1v) is 3.92. The zero-order valence-electron chi connectivity index (χ0n) is 6.64. The average molecular weight is 188 g/mol. The van der Waals surface area contributed by atoms with Gasteiger partial charge in [-0.2, -0.15) is 0 Å². The minimum absolute atomic E-state index is 0.0836. The largest absolute Gasteiger partial charge is 0.395 e. The van der Waals surface area contributed by atoms with Crippen LogP contribution in [0.4, 0.5) is 4.39 Å². The van der Waals surface area contributed by atoms with Crippen LogP contribution in [-0.4, -0.2) is 11.7 Å². The summed E-state index contributed by atoms with van der Waals surface area (Å²) in [6, 6.07) is 4.72. The lowest BCUT2D eigenvalue weighted by atomic mass is 10.0. The van der Waals surface area contributed by atoms with Gasteiger partial charge in [-0.15, -0.1) is 0 Å². The predicted molar refractivity (Wildman–Crippen MR) is 46.5 cm³/mol. The highest BCUT2D eigenvalue weighted by Crippen LogP contribution is 2.23. The fourth-order valence-electron chi connectivity index (χ4n) is 0.919. The summed E-state index contributed by atoms with van der Waals surface area (Å²) in [4.78, 5) is 0. The third kappa shape index (κ3) is 1.76. The van der Waals surface area contributed by atoms with Crippen molar-refractivity contribution < 1.29 is 9.50 Å². The van der Waals surface area contributed by atoms with Crippen molar-refractivity contribution in [1.82, 2.24) is 0 Å². The van der Waals surface area contributed by atoms with E-state index >= 15 is 0 Å². The number of benzene rings is 1. The van der Waals surface area contributed by atoms with E-state index < -0.39 is 5.82 Å². The van der Waals surface area contributed by atoms with Gasteiger partial charge in [-0.05, 0) is 11.6 Å². The standard InChI is InChI=1S/C9H9ClFO/c1-6(5-12)7-3-2-4-8(10)9(7)11/h2-4,12H,5H2,1H3. The highest BCUT2D eigenvalue weighted by Gasteiger charge is 2.12. The van der Waals surface area contributed by atoms with E-state index in [0.29, 0.717) is 11.5 Å². The lowest BCUT2D eigenvalue weighted by molar-refractivity contribution is 0.313. The third-order valence-corrected chi connectivity index (χ3v) is 1.94. The van der Waals surface area contributed by atoms with Gasteiger partial charge in [-0.25, -0.2) is 4.39 Å². The van der Waals surface area contributed by atoms with E-state index in [1.165, 1.54) is 6.07 Å². The molecule has 12 heavy (non-hydrogen) atoms. The summed E-state index contributed by atoms with van der Waals surface area (Å²) < 4.78 is 13.2. The lowest BCUT2D eigenvalue weighted by Crippen LogP contribution is -2.02. The minimum atomic E-state index is -0.467. The van der Waals surface area contributed by atoms with Gasteiger partial charge >= 0.3 is 0 Å². The second-order valence-corrected chi connectivity index (χ2v) is 2.95. The molecule has 3 heteroatoms. The van der Waals surface area contributed by atoms with Gasteiger partial charge in [-0.1, -0.05) is 30.7 Å². The van der Waals surface area contributed by atoms with Crippen molar-refractivity contribution in [2.45, 2.75) is 6.92 Å². The molecule has 65 valence electrons. The van der Waals surface area contributed by atoms with E-state index in [-0.39, 0.29) is 11.6 Å². The molecule has 0 saturated carbocycles. The molecule has 1 radical (unpaired) electrons. The first-order chi connectivity index (χ1) is 5.66. The van der Waals surface area contributed by atoms with Crippen LogP contribution in [0.3, 0.4) is 0 Å². The maximum Gasteiger partial charge on any atom is 0.145 e. The number of aliphatic hydroxyl groups is 1. The minimum Gasteiger partial charge on any atom is -0.395 e. The molecule has 0 aromatic heterocycles. The number of hydrogen-bond acceptors (Lipinski definition) is 1. The Hall–Kier alpha value is -0.600. The second-order valence-electron chi connectivity index (χ2n) is 2.54. The Kier molecular flexibility index (Phi) is 3.06. The molecule has 1 aromatic carbocycles. The number of rotatable bonds is 2. The highest BCUT2D eigenvalue weighted by molar-refractivity contribution is 6.30. The molecule has 0 aliphatic rings. The number of halogens is 2. The fraction of sp³-hybridized carbons (Fsp3) is 0.222. The maximum absolute atomic E-state index is 13.2. The van der Waals surface area contributed by atoms with Gasteiger partial charge in [0.1, 0.15) is 5.82 Å². The molecule has 0 saturated heterocycles. The van der Waals surface area contributed by atoms with Crippen LogP contribution in [-0.2, 0) is 0 Å². The van der Waals surface area contributed by atoms with Crippen LogP contribution in [0.1, 0.15) is 12.5 Å². The molecule has 0 aliphatic carbocycles. The highest BCUT2D eigenvalue weighted by atomic mass is 35.5. The Morgan fingerprint density at radius 2 is 2.25 bits per heavy atom. The molecule has 0 aliphatic heterocycles. The molecule has 0 heterocycles. The van der Waals surface area contributed by atoms with Crippen molar-refractivity contribution in [3.05, 3.63) is 40.5 Å². The topological polar surface area (TPSA) is 20.2 Å². The quantitative estimate of drug-likeness (QED) is 0.754. The first kappa shape index (κ1) is 9.49. The Bertz CT molecular complexity index is 275. The Morgan fingerprint density at radius 1 is 1.58 bits per heavy atom. The normalized spacial score (nSPS) is 10.8. The maximum atomic E-state index is 13.2. The van der Waals surface area contributed by atoms with Crippen molar-refractivity contribution in [2.24, 2.45) is 0 Å². The Balaban J connectivity index is 3.07. The summed E-state index contributed by atoms with van der Waals surface area (Å²) in [6.07, 6.45) is 0. The lowest BCUT2D eigenvalue weighted by Gasteiger charge is -2.08. The second kappa shape index (κ2) is 3.87. The molecule has 0 fully saturated rings. The van der Waals surface area contributed by atoms with Crippen molar-refractivity contribution >= 4 is 11.6 Å². The summed E-state index contributed by atoms with van der Waals surface area (Å²) in [7, 11) is 0. The van der Waals surface area contributed by atoms with Crippen molar-refractivity contribution in [1.29, 1.82) is 0 Å². The zero-order chi connectivity index (χ0) is 9.14. The van der Waals surface area contributed by atoms with Crippen LogP contribution >= 0.6 is 11.6 Å². The monoisotopic (exact) mass is 187 g/mol. The fourth-order valence-corrected chi connectivity index (χ4v) is 1.09. The zero-order valence-corrected chi connectivity index (χ0v) is 7.40. The van der Waals surface area contributed by atoms with Gasteiger partial charge in [0.05, 0.1) is 11.6 Å². The summed E-state index contributed by atoms with van der Waals surface area (Å²) in [5.41, 5.74) is 0.380. The number of aliphatic hydroxyl groups excluding tert-OH is 1. The van der Waals surface area contributed by atoms with Gasteiger partial charge < -0.3 is 5.11 Å². The van der Waals surface area contributed by atoms with Gasteiger partial charge in [0.25, 0.3) is 0 Å². The van der Waals surface area contributed by atoms with Crippen molar-refractivity contribution in [3.63, 3.8) is 0 Å². The van der Waals surface area contributed by atoms with Crippen LogP contribution in [0.5, 0.6) is 0 Å². The molecule has 1 aromatic rings. The molecule has 0 atom stereocenters. The molecule has 0 unspecified atom stereocenters. The van der Waals surface area contributed by atoms with Crippen LogP contribution in [0.2, 0.25) is 5.02 Å². The molecule has 1 N–H and O–H groups in total. The molecule has 0 amide bonds. The summed E-state index contributed by atoms with van der Waals surface area (Å²) in [6.45, 7) is 1.51. The van der Waals surface area contributed by atoms with Gasteiger partial charge in [-0.3, -0.25) is 0 Å². The molecular formula is C9H9ClFO. The van der Waals surface area contributed by atoms with Crippen LogP contribution < -0.4 is 0 Å². The summed E-state index contributed by atoms with van der Waals surface area (Å²) in [5.74, 6) is 0.112. The molecule has 0 bridgehead atoms. The molecule has 1 nitrogen and oxygen atoms in total. The Morgan fingerprint density at radius 3 is 2.83 bits per heavy atom. The first-order valence-electron chi connectivity index (χ1n) is 3.54. The van der Waals surface area contributed by atoms with Crippen LogP contribution in [0.15, 0.2) is 18.2 Å². The Labute approximate surface area is 75.8 Å². The average Bonchev–Trinajstić information content (AvgIpc) is 2.08. The van der Waals surface area contributed by atoms with Crippen molar-refractivity contribution in [3.8, 4) is 0 Å². The summed E-state index contributed by atoms with van der Waals surface area (Å²) >= 11 is 5.54. The van der Waals surface area contributed by atoms with E-state index in [1.54, 1.807) is 19.1 Å². The SMILES string of the molecule is C[C](CO)c1cccc(Cl)c1F. The van der Waals surface area contributed by atoms with E-state index in [1.807, 2.05) is 0 Å². The van der Waals surface area contributed by atoms with E-state index in [2.05, 4.69) is 0 Å².